The molecule has 5 heterocycles. The molecule has 0 saturated carbocycles. The van der Waals surface area contributed by atoms with Gasteiger partial charge in [0.05, 0.1) is 32.0 Å². The van der Waals surface area contributed by atoms with Gasteiger partial charge in [-0.2, -0.15) is 0 Å². The lowest BCUT2D eigenvalue weighted by molar-refractivity contribution is -0.0591. The molecule has 6 rings (SSSR count). The van der Waals surface area contributed by atoms with Crippen molar-refractivity contribution in [2.45, 2.75) is 52.5 Å². The molecular weight excluding hydrogens is 524 g/mol. The Labute approximate surface area is 238 Å². The summed E-state index contributed by atoms with van der Waals surface area (Å²) in [5, 5.41) is 0. The van der Waals surface area contributed by atoms with Crippen LogP contribution in [0, 0.1) is 13.8 Å². The van der Waals surface area contributed by atoms with Crippen LogP contribution in [0.5, 0.6) is 5.88 Å². The Bertz CT molecular complexity index is 1570. The molecular formula is C31H34N4O4S. The van der Waals surface area contributed by atoms with Gasteiger partial charge in [-0.1, -0.05) is 35.9 Å². The lowest BCUT2D eigenvalue weighted by Gasteiger charge is -2.29. The van der Waals surface area contributed by atoms with Crippen molar-refractivity contribution in [2.75, 3.05) is 26.8 Å². The maximum atomic E-state index is 12.1. The molecule has 0 bridgehead atoms. The number of rotatable bonds is 9. The summed E-state index contributed by atoms with van der Waals surface area (Å²) in [7, 11) is 1.41. The van der Waals surface area contributed by atoms with Gasteiger partial charge in [0.15, 0.2) is 0 Å². The monoisotopic (exact) mass is 558 g/mol. The summed E-state index contributed by atoms with van der Waals surface area (Å²) in [6, 6.07) is 14.3. The molecule has 40 heavy (non-hydrogen) atoms. The van der Waals surface area contributed by atoms with Gasteiger partial charge >= 0.3 is 5.97 Å². The van der Waals surface area contributed by atoms with E-state index in [9.17, 15) is 4.79 Å². The largest absolute Gasteiger partial charge is 0.473 e. The van der Waals surface area contributed by atoms with E-state index in [0.29, 0.717) is 17.4 Å². The second-order valence-electron chi connectivity index (χ2n) is 10.5. The molecule has 1 fully saturated rings. The molecule has 0 radical (unpaired) electrons. The van der Waals surface area contributed by atoms with Gasteiger partial charge in [-0.05, 0) is 55.5 Å². The lowest BCUT2D eigenvalue weighted by atomic mass is 10.0. The molecule has 0 aliphatic carbocycles. The molecule has 0 amide bonds. The highest BCUT2D eigenvalue weighted by atomic mass is 32.1. The number of carbonyl (C=O) groups excluding carboxylic acids is 1. The van der Waals surface area contributed by atoms with Crippen molar-refractivity contribution in [3.05, 3.63) is 81.6 Å². The van der Waals surface area contributed by atoms with Crippen molar-refractivity contribution in [2.24, 2.45) is 0 Å². The number of carbonyl (C=O) groups is 1. The third kappa shape index (κ3) is 5.68. The maximum absolute atomic E-state index is 12.1. The third-order valence-corrected chi connectivity index (χ3v) is 8.78. The molecule has 0 N–H and O–H groups in total. The number of pyridine rings is 1. The molecule has 0 spiro atoms. The van der Waals surface area contributed by atoms with Gasteiger partial charge in [0.1, 0.15) is 27.7 Å². The van der Waals surface area contributed by atoms with E-state index in [2.05, 4.69) is 53.7 Å². The lowest BCUT2D eigenvalue weighted by Crippen LogP contribution is -2.33. The molecule has 2 aliphatic rings. The van der Waals surface area contributed by atoms with Gasteiger partial charge in [-0.25, -0.2) is 14.8 Å². The highest BCUT2D eigenvalue weighted by molar-refractivity contribution is 7.20. The van der Waals surface area contributed by atoms with E-state index in [1.54, 1.807) is 0 Å². The van der Waals surface area contributed by atoms with Gasteiger partial charge in [0.25, 0.3) is 0 Å². The van der Waals surface area contributed by atoms with E-state index in [1.165, 1.54) is 40.7 Å². The Balaban J connectivity index is 1.13. The van der Waals surface area contributed by atoms with E-state index in [-0.39, 0.29) is 12.1 Å². The molecule has 8 nitrogen and oxygen atoms in total. The number of esters is 1. The van der Waals surface area contributed by atoms with Crippen LogP contribution in [-0.2, 0) is 29.2 Å². The Kier molecular flexibility index (Phi) is 7.69. The standard InChI is InChI=1S/C31H34N4O4S/c1-20-7-8-23(21(2)15-20)19-39-29-6-4-5-25(33-29)22-9-12-34(13-10-22)18-28-32-26-16-27(31(36)37-3)40-30(26)35(28)17-24-11-14-38-24/h4-9,15-16,24H,10-14,17-19H2,1-3H3. The van der Waals surface area contributed by atoms with Gasteiger partial charge < -0.3 is 18.8 Å². The molecule has 208 valence electrons. The number of fused-ring (bicyclic) bond motifs is 1. The highest BCUT2D eigenvalue weighted by Crippen LogP contribution is 2.30. The zero-order valence-electron chi connectivity index (χ0n) is 23.2. The van der Waals surface area contributed by atoms with Crippen molar-refractivity contribution in [1.82, 2.24) is 19.4 Å². The van der Waals surface area contributed by atoms with Crippen LogP contribution >= 0.6 is 11.3 Å². The minimum atomic E-state index is -0.321. The normalized spacial score (nSPS) is 17.5. The first-order chi connectivity index (χ1) is 19.5. The van der Waals surface area contributed by atoms with Crippen molar-refractivity contribution >= 4 is 33.2 Å². The molecule has 9 heteroatoms. The Morgan fingerprint density at radius 2 is 2.05 bits per heavy atom. The number of nitrogens with zero attached hydrogens (tertiary/aromatic N) is 4. The minimum Gasteiger partial charge on any atom is -0.473 e. The summed E-state index contributed by atoms with van der Waals surface area (Å²) in [5.74, 6) is 1.33. The number of benzene rings is 1. The van der Waals surface area contributed by atoms with Crippen molar-refractivity contribution in [3.8, 4) is 5.88 Å². The number of hydrogen-bond acceptors (Lipinski definition) is 8. The highest BCUT2D eigenvalue weighted by Gasteiger charge is 2.25. The second-order valence-corrected chi connectivity index (χ2v) is 11.5. The van der Waals surface area contributed by atoms with E-state index in [1.807, 2.05) is 18.2 Å². The predicted molar refractivity (Wildman–Crippen MR) is 156 cm³/mol. The van der Waals surface area contributed by atoms with E-state index in [0.717, 1.165) is 67.5 Å². The summed E-state index contributed by atoms with van der Waals surface area (Å²) in [6.45, 7) is 8.75. The fourth-order valence-electron chi connectivity index (χ4n) is 5.23. The van der Waals surface area contributed by atoms with E-state index in [4.69, 9.17) is 24.2 Å². The smallest absolute Gasteiger partial charge is 0.348 e. The molecule has 2 aliphatic heterocycles. The maximum Gasteiger partial charge on any atom is 0.348 e. The number of methoxy groups -OCH3 is 1. The van der Waals surface area contributed by atoms with Crippen LogP contribution in [0.3, 0.4) is 0 Å². The fourth-order valence-corrected chi connectivity index (χ4v) is 6.27. The number of hydrogen-bond donors (Lipinski definition) is 0. The molecule has 1 atom stereocenters. The first-order valence-corrected chi connectivity index (χ1v) is 14.5. The topological polar surface area (TPSA) is 78.7 Å². The number of ether oxygens (including phenoxy) is 3. The first-order valence-electron chi connectivity index (χ1n) is 13.7. The van der Waals surface area contributed by atoms with Crippen LogP contribution in [0.15, 0.2) is 48.5 Å². The number of aryl methyl sites for hydroxylation is 2. The molecule has 4 aromatic rings. The Morgan fingerprint density at radius 1 is 1.18 bits per heavy atom. The number of imidazole rings is 1. The summed E-state index contributed by atoms with van der Waals surface area (Å²) in [4.78, 5) is 25.8. The molecule has 3 aromatic heterocycles. The van der Waals surface area contributed by atoms with E-state index < -0.39 is 0 Å². The Hall–Kier alpha value is -3.53. The Morgan fingerprint density at radius 3 is 2.77 bits per heavy atom. The van der Waals surface area contributed by atoms with Gasteiger partial charge in [-0.3, -0.25) is 4.90 Å². The molecule has 1 unspecified atom stereocenters. The zero-order chi connectivity index (χ0) is 27.6. The SMILES string of the molecule is COC(=O)c1cc2nc(CN3CC=C(c4cccc(OCc5ccc(C)cc5C)n4)CC3)n(CC3CCO3)c2s1. The van der Waals surface area contributed by atoms with Crippen LogP contribution in [0.4, 0.5) is 0 Å². The van der Waals surface area contributed by atoms with Gasteiger partial charge in [0, 0.05) is 25.8 Å². The second kappa shape index (κ2) is 11.5. The summed E-state index contributed by atoms with van der Waals surface area (Å²) in [5.41, 5.74) is 6.71. The van der Waals surface area contributed by atoms with Crippen LogP contribution < -0.4 is 4.74 Å². The molecule has 1 aromatic carbocycles. The van der Waals surface area contributed by atoms with Gasteiger partial charge in [0.2, 0.25) is 5.88 Å². The quantitative estimate of drug-likeness (QED) is 0.249. The van der Waals surface area contributed by atoms with Crippen molar-refractivity contribution in [3.63, 3.8) is 0 Å². The average Bonchev–Trinajstić information content (AvgIpc) is 3.48. The fraction of sp³-hybridized carbons (Fsp3) is 0.387. The third-order valence-electron chi connectivity index (χ3n) is 7.65. The number of thiophene rings is 1. The van der Waals surface area contributed by atoms with Gasteiger partial charge in [-0.15, -0.1) is 11.3 Å². The zero-order valence-corrected chi connectivity index (χ0v) is 24.0. The van der Waals surface area contributed by atoms with Crippen molar-refractivity contribution < 1.29 is 19.0 Å². The average molecular weight is 559 g/mol. The summed E-state index contributed by atoms with van der Waals surface area (Å²) >= 11 is 1.44. The van der Waals surface area contributed by atoms with Crippen molar-refractivity contribution in [1.29, 1.82) is 0 Å². The van der Waals surface area contributed by atoms with Crippen LogP contribution in [-0.4, -0.2) is 58.3 Å². The summed E-state index contributed by atoms with van der Waals surface area (Å²) in [6.07, 6.45) is 4.41. The van der Waals surface area contributed by atoms with Crippen LogP contribution in [0.25, 0.3) is 15.9 Å². The van der Waals surface area contributed by atoms with Crippen LogP contribution in [0.1, 0.15) is 50.7 Å². The number of aromatic nitrogens is 3. The predicted octanol–water partition coefficient (Wildman–Crippen LogP) is 5.55. The summed E-state index contributed by atoms with van der Waals surface area (Å²) < 4.78 is 18.9. The minimum absolute atomic E-state index is 0.197. The van der Waals surface area contributed by atoms with Crippen LogP contribution in [0.2, 0.25) is 0 Å². The van der Waals surface area contributed by atoms with E-state index >= 15 is 0 Å². The first kappa shape index (κ1) is 26.7. The molecule has 1 saturated heterocycles.